The summed E-state index contributed by atoms with van der Waals surface area (Å²) in [5.74, 6) is 2.01. The molecule has 0 spiro atoms. The van der Waals surface area contributed by atoms with Crippen LogP contribution in [0.15, 0.2) is 30.6 Å². The van der Waals surface area contributed by atoms with Gasteiger partial charge in [-0.25, -0.2) is 9.97 Å². The molecule has 1 saturated heterocycles. The SMILES string of the molecule is CCn1cc(N2C[C@@H](c3nc4c5cccc(OC)c5nc(N)n4n3)CC[C@H]2C)cn1. The van der Waals surface area contributed by atoms with Crippen LogP contribution >= 0.6 is 0 Å². The second kappa shape index (κ2) is 7.16. The number of methoxy groups -OCH3 is 1. The number of ether oxygens (including phenoxy) is 1. The number of hydrogen-bond acceptors (Lipinski definition) is 7. The predicted molar refractivity (Wildman–Crippen MR) is 116 cm³/mol. The van der Waals surface area contributed by atoms with Crippen molar-refractivity contribution >= 4 is 28.2 Å². The Labute approximate surface area is 174 Å². The fourth-order valence-corrected chi connectivity index (χ4v) is 4.33. The van der Waals surface area contributed by atoms with Gasteiger partial charge in [-0.3, -0.25) is 4.68 Å². The number of aromatic nitrogens is 6. The van der Waals surface area contributed by atoms with Gasteiger partial charge < -0.3 is 15.4 Å². The molecule has 156 valence electrons. The summed E-state index contributed by atoms with van der Waals surface area (Å²) in [7, 11) is 1.63. The Kier molecular flexibility index (Phi) is 4.45. The Balaban J connectivity index is 1.54. The van der Waals surface area contributed by atoms with Gasteiger partial charge in [-0.1, -0.05) is 6.07 Å². The van der Waals surface area contributed by atoms with Crippen molar-refractivity contribution in [1.82, 2.24) is 29.4 Å². The second-order valence-electron chi connectivity index (χ2n) is 7.86. The quantitative estimate of drug-likeness (QED) is 0.556. The van der Waals surface area contributed by atoms with E-state index in [1.165, 1.54) is 0 Å². The summed E-state index contributed by atoms with van der Waals surface area (Å²) in [5.41, 5.74) is 8.79. The van der Waals surface area contributed by atoms with Crippen LogP contribution < -0.4 is 15.4 Å². The summed E-state index contributed by atoms with van der Waals surface area (Å²) in [6.45, 7) is 6.07. The summed E-state index contributed by atoms with van der Waals surface area (Å²) >= 11 is 0. The van der Waals surface area contributed by atoms with Crippen molar-refractivity contribution in [2.75, 3.05) is 24.3 Å². The van der Waals surface area contributed by atoms with Gasteiger partial charge in [0.05, 0.1) is 19.0 Å². The number of para-hydroxylation sites is 1. The first-order valence-electron chi connectivity index (χ1n) is 10.4. The first kappa shape index (κ1) is 18.7. The maximum atomic E-state index is 6.22. The molecule has 0 amide bonds. The van der Waals surface area contributed by atoms with Crippen LogP contribution in [0.2, 0.25) is 0 Å². The molecular weight excluding hydrogens is 380 g/mol. The highest BCUT2D eigenvalue weighted by atomic mass is 16.5. The molecule has 1 aliphatic heterocycles. The minimum absolute atomic E-state index is 0.214. The topological polar surface area (TPSA) is 99.4 Å². The van der Waals surface area contributed by atoms with Gasteiger partial charge >= 0.3 is 0 Å². The molecular formula is C21H26N8O. The van der Waals surface area contributed by atoms with E-state index in [4.69, 9.17) is 20.6 Å². The third-order valence-electron chi connectivity index (χ3n) is 6.05. The molecule has 5 rings (SSSR count). The van der Waals surface area contributed by atoms with Crippen LogP contribution in [-0.4, -0.2) is 49.1 Å². The normalized spacial score (nSPS) is 19.6. The molecule has 4 heterocycles. The lowest BCUT2D eigenvalue weighted by molar-refractivity contribution is 0.419. The van der Waals surface area contributed by atoms with Gasteiger partial charge in [-0.15, -0.1) is 5.10 Å². The van der Waals surface area contributed by atoms with Crippen LogP contribution in [0.1, 0.15) is 38.4 Å². The minimum atomic E-state index is 0.214. The maximum absolute atomic E-state index is 6.22. The lowest BCUT2D eigenvalue weighted by Gasteiger charge is -2.37. The van der Waals surface area contributed by atoms with E-state index in [9.17, 15) is 0 Å². The molecule has 2 atom stereocenters. The summed E-state index contributed by atoms with van der Waals surface area (Å²) in [6.07, 6.45) is 6.16. The van der Waals surface area contributed by atoms with Crippen LogP contribution in [0, 0.1) is 0 Å². The molecule has 9 nitrogen and oxygen atoms in total. The van der Waals surface area contributed by atoms with Gasteiger partial charge in [0.1, 0.15) is 11.3 Å². The lowest BCUT2D eigenvalue weighted by atomic mass is 9.92. The largest absolute Gasteiger partial charge is 0.494 e. The highest BCUT2D eigenvalue weighted by molar-refractivity contribution is 5.95. The Hall–Kier alpha value is -3.36. The average molecular weight is 406 g/mol. The monoisotopic (exact) mass is 406 g/mol. The standard InChI is InChI=1S/C21H26N8O/c1-4-27-12-15(10-23-27)28-11-14(9-8-13(28)2)19-25-20-16-6-5-7-17(30-3)18(16)24-21(22)29(20)26-19/h5-7,10,12-14H,4,8-9,11H2,1-3H3,(H2,22,24)/t13-,14+/m1/s1. The number of benzene rings is 1. The molecule has 0 saturated carbocycles. The average Bonchev–Trinajstić information content (AvgIpc) is 3.42. The Morgan fingerprint density at radius 1 is 1.23 bits per heavy atom. The highest BCUT2D eigenvalue weighted by Crippen LogP contribution is 2.33. The number of nitrogens with two attached hydrogens (primary N) is 1. The van der Waals surface area contributed by atoms with Crippen LogP contribution in [0.5, 0.6) is 5.75 Å². The molecule has 1 aromatic carbocycles. The van der Waals surface area contributed by atoms with Crippen molar-refractivity contribution in [1.29, 1.82) is 0 Å². The third kappa shape index (κ3) is 2.92. The summed E-state index contributed by atoms with van der Waals surface area (Å²) in [4.78, 5) is 11.8. The zero-order valence-electron chi connectivity index (χ0n) is 17.5. The summed E-state index contributed by atoms with van der Waals surface area (Å²) in [6, 6.07) is 6.24. The van der Waals surface area contributed by atoms with Crippen molar-refractivity contribution in [3.05, 3.63) is 36.4 Å². The predicted octanol–water partition coefficient (Wildman–Crippen LogP) is 2.86. The van der Waals surface area contributed by atoms with E-state index in [2.05, 4.69) is 35.0 Å². The number of nitrogens with zero attached hydrogens (tertiary/aromatic N) is 7. The molecule has 1 fully saturated rings. The first-order chi connectivity index (χ1) is 14.6. The van der Waals surface area contributed by atoms with Gasteiger partial charge in [0, 0.05) is 36.6 Å². The van der Waals surface area contributed by atoms with Crippen molar-refractivity contribution in [3.63, 3.8) is 0 Å². The van der Waals surface area contributed by atoms with E-state index in [-0.39, 0.29) is 5.92 Å². The minimum Gasteiger partial charge on any atom is -0.494 e. The zero-order valence-corrected chi connectivity index (χ0v) is 17.5. The molecule has 0 radical (unpaired) electrons. The molecule has 0 bridgehead atoms. The van der Waals surface area contributed by atoms with Crippen molar-refractivity contribution in [2.24, 2.45) is 0 Å². The second-order valence-corrected chi connectivity index (χ2v) is 7.86. The number of piperidine rings is 1. The Morgan fingerprint density at radius 2 is 2.10 bits per heavy atom. The number of rotatable bonds is 4. The van der Waals surface area contributed by atoms with Crippen molar-refractivity contribution in [2.45, 2.75) is 45.2 Å². The van der Waals surface area contributed by atoms with Gasteiger partial charge in [0.25, 0.3) is 0 Å². The summed E-state index contributed by atoms with van der Waals surface area (Å²) in [5, 5.41) is 10.1. The van der Waals surface area contributed by atoms with E-state index < -0.39 is 0 Å². The molecule has 30 heavy (non-hydrogen) atoms. The van der Waals surface area contributed by atoms with Gasteiger partial charge in [0.15, 0.2) is 11.5 Å². The zero-order chi connectivity index (χ0) is 20.8. The molecule has 9 heteroatoms. The fraction of sp³-hybridized carbons (Fsp3) is 0.429. The molecule has 2 N–H and O–H groups in total. The van der Waals surface area contributed by atoms with E-state index >= 15 is 0 Å². The lowest BCUT2D eigenvalue weighted by Crippen LogP contribution is -2.41. The molecule has 0 unspecified atom stereocenters. The maximum Gasteiger partial charge on any atom is 0.223 e. The van der Waals surface area contributed by atoms with E-state index in [0.29, 0.717) is 23.3 Å². The molecule has 3 aromatic heterocycles. The van der Waals surface area contributed by atoms with Crippen LogP contribution in [0.4, 0.5) is 11.6 Å². The molecule has 4 aromatic rings. The van der Waals surface area contributed by atoms with Crippen LogP contribution in [-0.2, 0) is 6.54 Å². The van der Waals surface area contributed by atoms with E-state index in [0.717, 1.165) is 48.5 Å². The number of hydrogen-bond donors (Lipinski definition) is 1. The Morgan fingerprint density at radius 3 is 2.87 bits per heavy atom. The first-order valence-corrected chi connectivity index (χ1v) is 10.4. The number of anilines is 2. The van der Waals surface area contributed by atoms with Crippen molar-refractivity contribution < 1.29 is 4.74 Å². The number of aryl methyl sites for hydroxylation is 1. The van der Waals surface area contributed by atoms with Gasteiger partial charge in [-0.2, -0.15) is 9.61 Å². The molecule has 0 aliphatic carbocycles. The summed E-state index contributed by atoms with van der Waals surface area (Å²) < 4.78 is 9.06. The number of fused-ring (bicyclic) bond motifs is 3. The van der Waals surface area contributed by atoms with Crippen molar-refractivity contribution in [3.8, 4) is 5.75 Å². The Bertz CT molecular complexity index is 1210. The highest BCUT2D eigenvalue weighted by Gasteiger charge is 2.30. The smallest absolute Gasteiger partial charge is 0.223 e. The van der Waals surface area contributed by atoms with E-state index in [1.807, 2.05) is 29.1 Å². The van der Waals surface area contributed by atoms with Crippen LogP contribution in [0.3, 0.4) is 0 Å². The molecule has 1 aliphatic rings. The van der Waals surface area contributed by atoms with E-state index in [1.54, 1.807) is 11.6 Å². The van der Waals surface area contributed by atoms with Gasteiger partial charge in [-0.05, 0) is 38.8 Å². The van der Waals surface area contributed by atoms with Crippen LogP contribution in [0.25, 0.3) is 16.6 Å². The fourth-order valence-electron chi connectivity index (χ4n) is 4.33. The third-order valence-corrected chi connectivity index (χ3v) is 6.05. The van der Waals surface area contributed by atoms with Gasteiger partial charge in [0.2, 0.25) is 5.95 Å². The number of nitrogen functional groups attached to an aromatic ring is 1.